The monoisotopic (exact) mass is 229 g/mol. The van der Waals surface area contributed by atoms with Crippen molar-refractivity contribution in [1.82, 2.24) is 14.7 Å². The zero-order chi connectivity index (χ0) is 11.8. The molecule has 0 amide bonds. The van der Waals surface area contributed by atoms with E-state index in [1.54, 1.807) is 0 Å². The maximum Gasteiger partial charge on any atom is 0.116 e. The molecule has 2 aromatic heterocycles. The molecule has 3 nitrogen and oxygen atoms in total. The predicted octanol–water partition coefficient (Wildman–Crippen LogP) is 2.63. The number of aryl methyl sites for hydroxylation is 1. The average Bonchev–Trinajstić information content (AvgIpc) is 2.55. The van der Waals surface area contributed by atoms with Crippen molar-refractivity contribution in [3.63, 3.8) is 0 Å². The summed E-state index contributed by atoms with van der Waals surface area (Å²) in [6, 6.07) is 4.40. The van der Waals surface area contributed by atoms with Gasteiger partial charge in [-0.3, -0.25) is 0 Å². The van der Waals surface area contributed by atoms with Gasteiger partial charge < -0.3 is 9.72 Å². The van der Waals surface area contributed by atoms with Gasteiger partial charge in [-0.15, -0.1) is 0 Å². The van der Waals surface area contributed by atoms with Crippen LogP contribution in [0.2, 0.25) is 0 Å². The minimum atomic E-state index is 0.677. The molecule has 0 unspecified atom stereocenters. The molecule has 1 N–H and O–H groups in total. The molecule has 0 spiro atoms. The highest BCUT2D eigenvalue weighted by atomic mass is 15.0. The van der Waals surface area contributed by atoms with Gasteiger partial charge >= 0.3 is 0 Å². The van der Waals surface area contributed by atoms with Gasteiger partial charge in [-0.1, -0.05) is 6.42 Å². The van der Waals surface area contributed by atoms with E-state index in [1.165, 1.54) is 41.9 Å². The summed E-state index contributed by atoms with van der Waals surface area (Å²) in [6.45, 7) is 2.98. The Morgan fingerprint density at radius 3 is 2.94 bits per heavy atom. The van der Waals surface area contributed by atoms with Crippen molar-refractivity contribution in [2.75, 3.05) is 7.05 Å². The van der Waals surface area contributed by atoms with Crippen LogP contribution >= 0.6 is 0 Å². The van der Waals surface area contributed by atoms with Crippen molar-refractivity contribution in [2.45, 2.75) is 38.6 Å². The number of nitrogens with one attached hydrogen (secondary N) is 1. The first-order valence-electron chi connectivity index (χ1n) is 6.41. The van der Waals surface area contributed by atoms with E-state index in [2.05, 4.69) is 35.0 Å². The van der Waals surface area contributed by atoms with Crippen LogP contribution in [-0.4, -0.2) is 16.4 Å². The van der Waals surface area contributed by atoms with Crippen molar-refractivity contribution < 1.29 is 0 Å². The van der Waals surface area contributed by atoms with Gasteiger partial charge in [-0.05, 0) is 44.5 Å². The third-order valence-corrected chi connectivity index (χ3v) is 3.72. The molecule has 1 saturated carbocycles. The van der Waals surface area contributed by atoms with Crippen molar-refractivity contribution >= 4 is 5.52 Å². The number of rotatable bonds is 3. The standard InChI is InChI=1S/C14H19N3/c1-10-6-7-17-13(8-10)12(9-15-2)16-14(17)11-4-3-5-11/h6-8,11,15H,3-5,9H2,1-2H3. The lowest BCUT2D eigenvalue weighted by Gasteiger charge is -2.23. The minimum absolute atomic E-state index is 0.677. The van der Waals surface area contributed by atoms with Gasteiger partial charge in [0, 0.05) is 18.7 Å². The molecule has 2 aromatic rings. The number of imidazole rings is 1. The van der Waals surface area contributed by atoms with Crippen LogP contribution in [0.15, 0.2) is 18.3 Å². The Bertz CT molecular complexity index is 538. The third-order valence-electron chi connectivity index (χ3n) is 3.72. The molecular formula is C14H19N3. The van der Waals surface area contributed by atoms with Gasteiger partial charge in [0.1, 0.15) is 5.82 Å². The molecule has 1 aliphatic rings. The average molecular weight is 229 g/mol. The van der Waals surface area contributed by atoms with Crippen LogP contribution in [0.1, 0.15) is 42.3 Å². The first kappa shape index (κ1) is 10.8. The Morgan fingerprint density at radius 2 is 2.29 bits per heavy atom. The molecule has 0 saturated heterocycles. The lowest BCUT2D eigenvalue weighted by molar-refractivity contribution is 0.400. The highest BCUT2D eigenvalue weighted by Crippen LogP contribution is 2.36. The number of hydrogen-bond donors (Lipinski definition) is 1. The maximum atomic E-state index is 4.84. The van der Waals surface area contributed by atoms with E-state index in [0.29, 0.717) is 5.92 Å². The van der Waals surface area contributed by atoms with E-state index in [0.717, 1.165) is 6.54 Å². The summed E-state index contributed by atoms with van der Waals surface area (Å²) >= 11 is 0. The molecular weight excluding hydrogens is 210 g/mol. The molecule has 1 aliphatic carbocycles. The summed E-state index contributed by atoms with van der Waals surface area (Å²) in [6.07, 6.45) is 6.12. The summed E-state index contributed by atoms with van der Waals surface area (Å²) in [7, 11) is 1.98. The van der Waals surface area contributed by atoms with Gasteiger partial charge in [-0.2, -0.15) is 0 Å². The molecule has 1 fully saturated rings. The lowest BCUT2D eigenvalue weighted by Crippen LogP contribution is -2.12. The molecule has 0 radical (unpaired) electrons. The molecule has 2 heterocycles. The van der Waals surface area contributed by atoms with E-state index in [9.17, 15) is 0 Å². The minimum Gasteiger partial charge on any atom is -0.314 e. The van der Waals surface area contributed by atoms with E-state index in [1.807, 2.05) is 7.05 Å². The predicted molar refractivity (Wildman–Crippen MR) is 69.3 cm³/mol. The highest BCUT2D eigenvalue weighted by Gasteiger charge is 2.25. The van der Waals surface area contributed by atoms with E-state index < -0.39 is 0 Å². The number of hydrogen-bond acceptors (Lipinski definition) is 2. The van der Waals surface area contributed by atoms with Crippen LogP contribution in [0, 0.1) is 6.92 Å². The normalized spacial score (nSPS) is 16.4. The molecule has 3 rings (SSSR count). The summed E-state index contributed by atoms with van der Waals surface area (Å²) in [5.41, 5.74) is 3.74. The van der Waals surface area contributed by atoms with Gasteiger partial charge in [-0.25, -0.2) is 4.98 Å². The second-order valence-corrected chi connectivity index (χ2v) is 5.03. The van der Waals surface area contributed by atoms with Crippen LogP contribution in [0.5, 0.6) is 0 Å². The van der Waals surface area contributed by atoms with E-state index >= 15 is 0 Å². The van der Waals surface area contributed by atoms with Crippen LogP contribution in [-0.2, 0) is 6.54 Å². The maximum absolute atomic E-state index is 4.84. The molecule has 0 bridgehead atoms. The number of nitrogens with zero attached hydrogens (tertiary/aromatic N) is 2. The fourth-order valence-electron chi connectivity index (χ4n) is 2.53. The highest BCUT2D eigenvalue weighted by molar-refractivity contribution is 5.55. The molecule has 0 aromatic carbocycles. The summed E-state index contributed by atoms with van der Waals surface area (Å²) in [5, 5.41) is 3.21. The molecule has 0 atom stereocenters. The largest absolute Gasteiger partial charge is 0.314 e. The SMILES string of the molecule is CNCc1nc(C2CCC2)n2ccc(C)cc12. The number of pyridine rings is 1. The van der Waals surface area contributed by atoms with Gasteiger partial charge in [0.2, 0.25) is 0 Å². The Morgan fingerprint density at radius 1 is 1.47 bits per heavy atom. The fourth-order valence-corrected chi connectivity index (χ4v) is 2.53. The Kier molecular flexibility index (Phi) is 2.63. The molecule has 0 aliphatic heterocycles. The van der Waals surface area contributed by atoms with E-state index in [-0.39, 0.29) is 0 Å². The topological polar surface area (TPSA) is 29.3 Å². The number of fused-ring (bicyclic) bond motifs is 1. The van der Waals surface area contributed by atoms with Crippen LogP contribution in [0.3, 0.4) is 0 Å². The summed E-state index contributed by atoms with van der Waals surface area (Å²) in [5.74, 6) is 1.94. The van der Waals surface area contributed by atoms with Crippen LogP contribution in [0.25, 0.3) is 5.52 Å². The quantitative estimate of drug-likeness (QED) is 0.876. The Hall–Kier alpha value is -1.35. The second kappa shape index (κ2) is 4.15. The Balaban J connectivity index is 2.15. The molecule has 17 heavy (non-hydrogen) atoms. The number of aromatic nitrogens is 2. The molecule has 3 heteroatoms. The fraction of sp³-hybridized carbons (Fsp3) is 0.500. The van der Waals surface area contributed by atoms with Crippen LogP contribution < -0.4 is 5.32 Å². The zero-order valence-electron chi connectivity index (χ0n) is 10.5. The first-order chi connectivity index (χ1) is 8.29. The van der Waals surface area contributed by atoms with Gasteiger partial charge in [0.25, 0.3) is 0 Å². The lowest BCUT2D eigenvalue weighted by atomic mass is 9.85. The van der Waals surface area contributed by atoms with Crippen molar-refractivity contribution in [2.24, 2.45) is 0 Å². The van der Waals surface area contributed by atoms with Crippen molar-refractivity contribution in [1.29, 1.82) is 0 Å². The summed E-state index contributed by atoms with van der Waals surface area (Å²) < 4.78 is 2.28. The second-order valence-electron chi connectivity index (χ2n) is 5.03. The Labute approximate surface area is 102 Å². The van der Waals surface area contributed by atoms with Crippen LogP contribution in [0.4, 0.5) is 0 Å². The van der Waals surface area contributed by atoms with Crippen molar-refractivity contribution in [3.05, 3.63) is 35.4 Å². The molecule has 90 valence electrons. The van der Waals surface area contributed by atoms with E-state index in [4.69, 9.17) is 4.98 Å². The van der Waals surface area contributed by atoms with Gasteiger partial charge in [0.15, 0.2) is 0 Å². The smallest absolute Gasteiger partial charge is 0.116 e. The van der Waals surface area contributed by atoms with Gasteiger partial charge in [0.05, 0.1) is 11.2 Å². The zero-order valence-corrected chi connectivity index (χ0v) is 10.5. The van der Waals surface area contributed by atoms with Crippen molar-refractivity contribution in [3.8, 4) is 0 Å². The summed E-state index contributed by atoms with van der Waals surface area (Å²) in [4.78, 5) is 4.84. The third kappa shape index (κ3) is 1.75. The first-order valence-corrected chi connectivity index (χ1v) is 6.41.